The molecular weight excluding hydrogens is 301 g/mol. The summed E-state index contributed by atoms with van der Waals surface area (Å²) < 4.78 is 0. The molecule has 2 unspecified atom stereocenters. The van der Waals surface area contributed by atoms with E-state index in [-0.39, 0.29) is 5.54 Å². The van der Waals surface area contributed by atoms with Crippen LogP contribution in [0.2, 0.25) is 10.0 Å². The Labute approximate surface area is 139 Å². The molecule has 0 saturated heterocycles. The predicted molar refractivity (Wildman–Crippen MR) is 93.4 cm³/mol. The molecule has 118 valence electrons. The molecule has 0 heterocycles. The van der Waals surface area contributed by atoms with Gasteiger partial charge < -0.3 is 5.32 Å². The van der Waals surface area contributed by atoms with Gasteiger partial charge in [-0.2, -0.15) is 0 Å². The van der Waals surface area contributed by atoms with Gasteiger partial charge in [0.15, 0.2) is 0 Å². The van der Waals surface area contributed by atoms with E-state index in [1.165, 1.54) is 31.2 Å². The summed E-state index contributed by atoms with van der Waals surface area (Å²) in [5, 5.41) is 5.00. The van der Waals surface area contributed by atoms with Crippen LogP contribution in [0.15, 0.2) is 18.2 Å². The molecule has 1 aromatic carbocycles. The van der Waals surface area contributed by atoms with Crippen molar-refractivity contribution in [2.24, 2.45) is 11.8 Å². The highest BCUT2D eigenvalue weighted by atomic mass is 35.5. The van der Waals surface area contributed by atoms with Gasteiger partial charge in [0.25, 0.3) is 0 Å². The smallest absolute Gasteiger partial charge is 0.0595 e. The van der Waals surface area contributed by atoms with E-state index in [1.807, 2.05) is 12.1 Å². The van der Waals surface area contributed by atoms with E-state index in [9.17, 15) is 0 Å². The molecule has 0 aliphatic heterocycles. The summed E-state index contributed by atoms with van der Waals surface area (Å²) in [6.07, 6.45) is 6.52. The van der Waals surface area contributed by atoms with Crippen LogP contribution in [0.3, 0.4) is 0 Å². The minimum Gasteiger partial charge on any atom is -0.312 e. The van der Waals surface area contributed by atoms with Crippen LogP contribution in [-0.4, -0.2) is 12.1 Å². The molecular formula is C18H27Cl2N. The molecule has 0 bridgehead atoms. The molecule has 1 nitrogen and oxygen atoms in total. The summed E-state index contributed by atoms with van der Waals surface area (Å²) in [7, 11) is 0. The first kappa shape index (κ1) is 17.1. The van der Waals surface area contributed by atoms with Crippen LogP contribution in [-0.2, 0) is 6.42 Å². The van der Waals surface area contributed by atoms with Crippen LogP contribution in [0.5, 0.6) is 0 Å². The number of hydrogen-bond donors (Lipinski definition) is 1. The number of rotatable bonds is 4. The van der Waals surface area contributed by atoms with Gasteiger partial charge in [-0.25, -0.2) is 0 Å². The maximum absolute atomic E-state index is 6.14. The summed E-state index contributed by atoms with van der Waals surface area (Å²) >= 11 is 12.2. The fourth-order valence-corrected chi connectivity index (χ4v) is 3.55. The zero-order valence-electron chi connectivity index (χ0n) is 13.4. The van der Waals surface area contributed by atoms with Crippen LogP contribution in [0.25, 0.3) is 0 Å². The average Bonchev–Trinajstić information content (AvgIpc) is 2.41. The molecule has 21 heavy (non-hydrogen) atoms. The van der Waals surface area contributed by atoms with Gasteiger partial charge in [0.2, 0.25) is 0 Å². The van der Waals surface area contributed by atoms with Crippen LogP contribution < -0.4 is 5.32 Å². The first-order chi connectivity index (χ1) is 9.85. The highest BCUT2D eigenvalue weighted by molar-refractivity contribution is 6.42. The second kappa shape index (κ2) is 7.35. The van der Waals surface area contributed by atoms with E-state index in [0.29, 0.717) is 10.0 Å². The van der Waals surface area contributed by atoms with Gasteiger partial charge >= 0.3 is 0 Å². The van der Waals surface area contributed by atoms with Gasteiger partial charge in [-0.05, 0) is 76.1 Å². The minimum absolute atomic E-state index is 0.200. The molecule has 1 aliphatic carbocycles. The number of benzene rings is 1. The Morgan fingerprint density at radius 1 is 1.05 bits per heavy atom. The third kappa shape index (κ3) is 5.47. The van der Waals surface area contributed by atoms with Crippen LogP contribution in [0.4, 0.5) is 0 Å². The van der Waals surface area contributed by atoms with Crippen molar-refractivity contribution >= 4 is 23.2 Å². The molecule has 1 saturated carbocycles. The Balaban J connectivity index is 1.99. The first-order valence-corrected chi connectivity index (χ1v) is 8.80. The van der Waals surface area contributed by atoms with Crippen molar-refractivity contribution in [3.05, 3.63) is 33.8 Å². The molecule has 2 rings (SSSR count). The summed E-state index contributed by atoms with van der Waals surface area (Å²) in [5.74, 6) is 1.53. The summed E-state index contributed by atoms with van der Waals surface area (Å²) in [4.78, 5) is 0. The molecule has 2 atom stereocenters. The Morgan fingerprint density at radius 3 is 2.33 bits per heavy atom. The lowest BCUT2D eigenvalue weighted by molar-refractivity contribution is 0.213. The van der Waals surface area contributed by atoms with Crippen molar-refractivity contribution in [3.8, 4) is 0 Å². The SMILES string of the molecule is CC(C)(C)NCC1CCCCC1Cc1ccc(Cl)c(Cl)c1. The van der Waals surface area contributed by atoms with Gasteiger partial charge in [0.05, 0.1) is 10.0 Å². The van der Waals surface area contributed by atoms with Gasteiger partial charge in [-0.1, -0.05) is 42.1 Å². The third-order valence-corrected chi connectivity index (χ3v) is 5.18. The highest BCUT2D eigenvalue weighted by Crippen LogP contribution is 2.33. The first-order valence-electron chi connectivity index (χ1n) is 8.04. The molecule has 1 fully saturated rings. The number of halogens is 2. The van der Waals surface area contributed by atoms with E-state index in [2.05, 4.69) is 32.2 Å². The maximum atomic E-state index is 6.14. The maximum Gasteiger partial charge on any atom is 0.0595 e. The fourth-order valence-electron chi connectivity index (χ4n) is 3.23. The molecule has 0 amide bonds. The van der Waals surface area contributed by atoms with E-state index in [0.717, 1.165) is 24.8 Å². The van der Waals surface area contributed by atoms with Crippen molar-refractivity contribution < 1.29 is 0 Å². The Kier molecular flexibility index (Phi) is 5.99. The standard InChI is InChI=1S/C18H27Cl2N/c1-18(2,3)21-12-15-7-5-4-6-14(15)10-13-8-9-16(19)17(20)11-13/h8-9,11,14-15,21H,4-7,10,12H2,1-3H3. The monoisotopic (exact) mass is 327 g/mol. The molecule has 3 heteroatoms. The molecule has 1 N–H and O–H groups in total. The third-order valence-electron chi connectivity index (χ3n) is 4.44. The van der Waals surface area contributed by atoms with E-state index in [4.69, 9.17) is 23.2 Å². The van der Waals surface area contributed by atoms with Gasteiger partial charge in [0, 0.05) is 5.54 Å². The minimum atomic E-state index is 0.200. The Hall–Kier alpha value is -0.240. The second-order valence-corrected chi connectivity index (χ2v) is 8.20. The second-order valence-electron chi connectivity index (χ2n) is 7.39. The molecule has 1 aliphatic rings. The molecule has 1 aromatic rings. The van der Waals surface area contributed by atoms with Crippen LogP contribution in [0.1, 0.15) is 52.0 Å². The highest BCUT2D eigenvalue weighted by Gasteiger charge is 2.26. The lowest BCUT2D eigenvalue weighted by Gasteiger charge is -2.34. The zero-order chi connectivity index (χ0) is 15.5. The lowest BCUT2D eigenvalue weighted by atomic mass is 9.76. The quantitative estimate of drug-likeness (QED) is 0.744. The van der Waals surface area contributed by atoms with Crippen molar-refractivity contribution in [1.29, 1.82) is 0 Å². The lowest BCUT2D eigenvalue weighted by Crippen LogP contribution is -2.41. The van der Waals surface area contributed by atoms with Gasteiger partial charge in [-0.15, -0.1) is 0 Å². The number of hydrogen-bond acceptors (Lipinski definition) is 1. The largest absolute Gasteiger partial charge is 0.312 e. The van der Waals surface area contributed by atoms with Crippen molar-refractivity contribution in [1.82, 2.24) is 5.32 Å². The summed E-state index contributed by atoms with van der Waals surface area (Å²) in [6.45, 7) is 7.84. The molecule has 0 spiro atoms. The summed E-state index contributed by atoms with van der Waals surface area (Å²) in [5.41, 5.74) is 1.52. The van der Waals surface area contributed by atoms with Crippen LogP contribution >= 0.6 is 23.2 Å². The number of nitrogens with one attached hydrogen (secondary N) is 1. The van der Waals surface area contributed by atoms with Crippen molar-refractivity contribution in [3.63, 3.8) is 0 Å². The molecule has 0 aromatic heterocycles. The fraction of sp³-hybridized carbons (Fsp3) is 0.667. The van der Waals surface area contributed by atoms with Crippen LogP contribution in [0, 0.1) is 11.8 Å². The topological polar surface area (TPSA) is 12.0 Å². The normalized spacial score (nSPS) is 23.3. The van der Waals surface area contributed by atoms with E-state index >= 15 is 0 Å². The summed E-state index contributed by atoms with van der Waals surface area (Å²) in [6, 6.07) is 6.08. The van der Waals surface area contributed by atoms with Gasteiger partial charge in [-0.3, -0.25) is 0 Å². The van der Waals surface area contributed by atoms with E-state index < -0.39 is 0 Å². The predicted octanol–water partition coefficient (Wildman–Crippen LogP) is 5.73. The molecule has 0 radical (unpaired) electrons. The Bertz CT molecular complexity index is 465. The van der Waals surface area contributed by atoms with Gasteiger partial charge in [0.1, 0.15) is 0 Å². The average molecular weight is 328 g/mol. The zero-order valence-corrected chi connectivity index (χ0v) is 14.9. The van der Waals surface area contributed by atoms with E-state index in [1.54, 1.807) is 0 Å². The Morgan fingerprint density at radius 2 is 1.71 bits per heavy atom. The van der Waals surface area contributed by atoms with Crippen molar-refractivity contribution in [2.75, 3.05) is 6.54 Å². The van der Waals surface area contributed by atoms with Crippen molar-refractivity contribution in [2.45, 2.75) is 58.4 Å².